The monoisotopic (exact) mass is 449 g/mol. The summed E-state index contributed by atoms with van der Waals surface area (Å²) in [5, 5.41) is 11.8. The van der Waals surface area contributed by atoms with Crippen LogP contribution in [0.5, 0.6) is 11.5 Å². The van der Waals surface area contributed by atoms with Gasteiger partial charge in [0, 0.05) is 38.3 Å². The van der Waals surface area contributed by atoms with Crippen molar-refractivity contribution in [3.05, 3.63) is 52.1 Å². The van der Waals surface area contributed by atoms with E-state index in [9.17, 15) is 18.5 Å². The van der Waals surface area contributed by atoms with Crippen LogP contribution in [0.1, 0.15) is 24.8 Å². The zero-order chi connectivity index (χ0) is 22.6. The molecule has 0 spiro atoms. The topological polar surface area (TPSA) is 102 Å². The van der Waals surface area contributed by atoms with Crippen LogP contribution in [0.2, 0.25) is 0 Å². The molecule has 0 bridgehead atoms. The minimum atomic E-state index is -3.77. The van der Waals surface area contributed by atoms with Gasteiger partial charge in [0.1, 0.15) is 5.69 Å². The predicted octanol–water partition coefficient (Wildman–Crippen LogP) is 3.42. The molecule has 1 aliphatic heterocycles. The Morgan fingerprint density at radius 1 is 1.10 bits per heavy atom. The van der Waals surface area contributed by atoms with Crippen molar-refractivity contribution in [3.8, 4) is 11.5 Å². The SMILES string of the molecule is COc1cccc(CN(C)c2ccc(S(=O)(=O)N3CCCCC3)cc2[N+](=O)[O-])c1OC. The highest BCUT2D eigenvalue weighted by atomic mass is 32.2. The number of hydrogen-bond acceptors (Lipinski definition) is 7. The fourth-order valence-electron chi connectivity index (χ4n) is 3.81. The minimum Gasteiger partial charge on any atom is -0.493 e. The van der Waals surface area contributed by atoms with E-state index in [1.807, 2.05) is 12.1 Å². The Labute approximate surface area is 182 Å². The molecule has 1 fully saturated rings. The lowest BCUT2D eigenvalue weighted by Gasteiger charge is -2.26. The van der Waals surface area contributed by atoms with E-state index in [4.69, 9.17) is 9.47 Å². The van der Waals surface area contributed by atoms with E-state index in [1.54, 1.807) is 18.0 Å². The van der Waals surface area contributed by atoms with E-state index in [0.717, 1.165) is 30.9 Å². The van der Waals surface area contributed by atoms with Crippen LogP contribution >= 0.6 is 0 Å². The van der Waals surface area contributed by atoms with Crippen LogP contribution in [0.3, 0.4) is 0 Å². The molecule has 9 nitrogen and oxygen atoms in total. The van der Waals surface area contributed by atoms with Crippen molar-refractivity contribution in [2.75, 3.05) is 39.3 Å². The Bertz CT molecular complexity index is 1050. The predicted molar refractivity (Wildman–Crippen MR) is 117 cm³/mol. The van der Waals surface area contributed by atoms with Crippen LogP contribution in [0.4, 0.5) is 11.4 Å². The van der Waals surface area contributed by atoms with Gasteiger partial charge >= 0.3 is 0 Å². The van der Waals surface area contributed by atoms with Gasteiger partial charge in [-0.3, -0.25) is 10.1 Å². The van der Waals surface area contributed by atoms with E-state index in [0.29, 0.717) is 36.8 Å². The molecule has 1 heterocycles. The number of piperidine rings is 1. The van der Waals surface area contributed by atoms with Crippen molar-refractivity contribution in [2.24, 2.45) is 0 Å². The molecule has 0 radical (unpaired) electrons. The molecule has 0 atom stereocenters. The van der Waals surface area contributed by atoms with Gasteiger partial charge in [0.25, 0.3) is 5.69 Å². The maximum atomic E-state index is 12.9. The largest absolute Gasteiger partial charge is 0.493 e. The molecule has 0 N–H and O–H groups in total. The summed E-state index contributed by atoms with van der Waals surface area (Å²) >= 11 is 0. The summed E-state index contributed by atoms with van der Waals surface area (Å²) in [4.78, 5) is 12.9. The van der Waals surface area contributed by atoms with Crippen molar-refractivity contribution < 1.29 is 22.8 Å². The molecule has 0 unspecified atom stereocenters. The first-order valence-corrected chi connectivity index (χ1v) is 11.4. The molecule has 0 aromatic heterocycles. The quantitative estimate of drug-likeness (QED) is 0.449. The number of methoxy groups -OCH3 is 2. The maximum absolute atomic E-state index is 12.9. The summed E-state index contributed by atoms with van der Waals surface area (Å²) < 4.78 is 38.1. The first kappa shape index (κ1) is 22.8. The molecule has 10 heteroatoms. The number of para-hydroxylation sites is 1. The van der Waals surface area contributed by atoms with Crippen molar-refractivity contribution in [2.45, 2.75) is 30.7 Å². The summed E-state index contributed by atoms with van der Waals surface area (Å²) in [6, 6.07) is 9.50. The highest BCUT2D eigenvalue weighted by Crippen LogP contribution is 2.35. The van der Waals surface area contributed by atoms with Gasteiger partial charge in [-0.15, -0.1) is 0 Å². The van der Waals surface area contributed by atoms with Gasteiger partial charge in [-0.05, 0) is 31.0 Å². The number of sulfonamides is 1. The minimum absolute atomic E-state index is 0.0581. The number of nitro groups is 1. The molecule has 2 aromatic rings. The van der Waals surface area contributed by atoms with Crippen LogP contribution in [0.15, 0.2) is 41.3 Å². The summed E-state index contributed by atoms with van der Waals surface area (Å²) in [7, 11) is 1.01. The number of ether oxygens (including phenoxy) is 2. The zero-order valence-electron chi connectivity index (χ0n) is 17.9. The fraction of sp³-hybridized carbons (Fsp3) is 0.429. The molecule has 0 saturated carbocycles. The molecule has 3 rings (SSSR count). The van der Waals surface area contributed by atoms with Gasteiger partial charge in [-0.2, -0.15) is 4.31 Å². The van der Waals surface area contributed by atoms with E-state index in [1.165, 1.54) is 30.7 Å². The third kappa shape index (κ3) is 4.75. The average Bonchev–Trinajstić information content (AvgIpc) is 2.78. The second kappa shape index (κ2) is 9.52. The Morgan fingerprint density at radius 3 is 2.42 bits per heavy atom. The molecule has 31 heavy (non-hydrogen) atoms. The Morgan fingerprint density at radius 2 is 1.81 bits per heavy atom. The molecule has 0 amide bonds. The van der Waals surface area contributed by atoms with Crippen molar-refractivity contribution >= 4 is 21.4 Å². The summed E-state index contributed by atoms with van der Waals surface area (Å²) in [6.45, 7) is 1.18. The second-order valence-corrected chi connectivity index (χ2v) is 9.32. The number of anilines is 1. The van der Waals surface area contributed by atoms with Gasteiger partial charge < -0.3 is 14.4 Å². The molecular formula is C21H27N3O6S. The maximum Gasteiger partial charge on any atom is 0.293 e. The number of nitrogens with zero attached hydrogens (tertiary/aromatic N) is 3. The number of benzene rings is 2. The van der Waals surface area contributed by atoms with Crippen LogP contribution in [0, 0.1) is 10.1 Å². The van der Waals surface area contributed by atoms with E-state index < -0.39 is 14.9 Å². The highest BCUT2D eigenvalue weighted by Gasteiger charge is 2.29. The first-order chi connectivity index (χ1) is 14.8. The Hall–Kier alpha value is -2.85. The summed E-state index contributed by atoms with van der Waals surface area (Å²) in [5.74, 6) is 1.11. The summed E-state index contributed by atoms with van der Waals surface area (Å²) in [6.07, 6.45) is 2.58. The van der Waals surface area contributed by atoms with Crippen molar-refractivity contribution in [3.63, 3.8) is 0 Å². The zero-order valence-corrected chi connectivity index (χ0v) is 18.7. The van der Waals surface area contributed by atoms with Gasteiger partial charge in [0.15, 0.2) is 11.5 Å². The smallest absolute Gasteiger partial charge is 0.293 e. The van der Waals surface area contributed by atoms with Gasteiger partial charge in [-0.25, -0.2) is 8.42 Å². The Balaban J connectivity index is 1.94. The van der Waals surface area contributed by atoms with E-state index in [2.05, 4.69) is 0 Å². The number of hydrogen-bond donors (Lipinski definition) is 0. The number of rotatable bonds is 8. The second-order valence-electron chi connectivity index (χ2n) is 7.38. The fourth-order valence-corrected chi connectivity index (χ4v) is 5.34. The van der Waals surface area contributed by atoms with Crippen LogP contribution < -0.4 is 14.4 Å². The van der Waals surface area contributed by atoms with Crippen molar-refractivity contribution in [1.29, 1.82) is 0 Å². The third-order valence-corrected chi connectivity index (χ3v) is 7.29. The molecule has 0 aliphatic carbocycles. The van der Waals surface area contributed by atoms with Gasteiger partial charge in [-0.1, -0.05) is 18.6 Å². The standard InChI is InChI=1S/C21H27N3O6S/c1-22(15-16-8-7-9-20(29-2)21(16)30-3)18-11-10-17(14-19(18)24(25)26)31(27,28)23-12-5-4-6-13-23/h7-11,14H,4-6,12-13,15H2,1-3H3. The van der Waals surface area contributed by atoms with Gasteiger partial charge in [0.05, 0.1) is 24.0 Å². The lowest BCUT2D eigenvalue weighted by atomic mass is 10.1. The van der Waals surface area contributed by atoms with Crippen LogP contribution in [-0.4, -0.2) is 52.0 Å². The summed E-state index contributed by atoms with van der Waals surface area (Å²) in [5.41, 5.74) is 0.832. The molecule has 1 saturated heterocycles. The van der Waals surface area contributed by atoms with Gasteiger partial charge in [0.2, 0.25) is 10.0 Å². The lowest BCUT2D eigenvalue weighted by Crippen LogP contribution is -2.35. The molecule has 2 aromatic carbocycles. The van der Waals surface area contributed by atoms with E-state index >= 15 is 0 Å². The third-order valence-electron chi connectivity index (χ3n) is 5.40. The van der Waals surface area contributed by atoms with Crippen LogP contribution in [0.25, 0.3) is 0 Å². The van der Waals surface area contributed by atoms with Crippen molar-refractivity contribution in [1.82, 2.24) is 4.31 Å². The Kier molecular flexibility index (Phi) is 7.01. The lowest BCUT2D eigenvalue weighted by molar-refractivity contribution is -0.384. The number of nitro benzene ring substituents is 1. The molecule has 1 aliphatic rings. The molecule has 168 valence electrons. The molecular weight excluding hydrogens is 422 g/mol. The average molecular weight is 450 g/mol. The van der Waals surface area contributed by atoms with E-state index in [-0.39, 0.29) is 10.6 Å². The highest BCUT2D eigenvalue weighted by molar-refractivity contribution is 7.89. The normalized spacial score (nSPS) is 14.8. The van der Waals surface area contributed by atoms with Crippen LogP contribution in [-0.2, 0) is 16.6 Å². The first-order valence-electron chi connectivity index (χ1n) is 9.99.